The Hall–Kier alpha value is -0.130. The number of carbonyl (C=O) groups excluding carboxylic acids is 2. The van der Waals surface area contributed by atoms with Crippen LogP contribution in [0.2, 0.25) is 0 Å². The Balaban J connectivity index is 0. The van der Waals surface area contributed by atoms with Gasteiger partial charge in [-0.1, -0.05) is 6.92 Å². The number of hydrogen-bond acceptors (Lipinski definition) is 2. The average molecular weight is 259 g/mol. The monoisotopic (exact) mass is 257 g/mol. The average Bonchev–Trinajstić information content (AvgIpc) is 2.09. The number of urea groups is 1. The molecule has 0 aliphatic carbocycles. The second-order valence-corrected chi connectivity index (χ2v) is 2.73. The van der Waals surface area contributed by atoms with Crippen LogP contribution in [0.15, 0.2) is 0 Å². The molecule has 0 bridgehead atoms. The molecule has 0 saturated carbocycles. The molecule has 0 aromatic heterocycles. The fraction of sp³-hybridized carbons (Fsp3) is 0.667. The molecule has 1 atom stereocenters. The number of carbonyl (C=O) groups is 2. The minimum atomic E-state index is -0.558. The van der Waals surface area contributed by atoms with E-state index in [-0.39, 0.29) is 41.3 Å². The Morgan fingerprint density at radius 1 is 1.50 bits per heavy atom. The molecule has 3 amide bonds. The quantitative estimate of drug-likeness (QED) is 0.459. The van der Waals surface area contributed by atoms with Gasteiger partial charge >= 0.3 is 6.03 Å². The van der Waals surface area contributed by atoms with Crippen LogP contribution in [-0.2, 0) is 4.79 Å². The number of hydrogen-bond donors (Lipinski definition) is 2. The van der Waals surface area contributed by atoms with Crippen molar-refractivity contribution >= 4 is 11.9 Å². The molecule has 1 unspecified atom stereocenters. The minimum Gasteiger partial charge on any atom is -1.00 e. The van der Waals surface area contributed by atoms with Crippen LogP contribution in [0.3, 0.4) is 0 Å². The van der Waals surface area contributed by atoms with Gasteiger partial charge in [-0.05, 0) is 0 Å². The Morgan fingerprint density at radius 3 is 2.17 bits per heavy atom. The van der Waals surface area contributed by atoms with Crippen molar-refractivity contribution in [2.24, 2.45) is 0 Å². The van der Waals surface area contributed by atoms with Gasteiger partial charge in [-0.15, -0.1) is 0 Å². The summed E-state index contributed by atoms with van der Waals surface area (Å²) in [4.78, 5) is 21.6. The highest BCUT2D eigenvalue weighted by atomic mass is 79.9. The molecule has 0 spiro atoms. The van der Waals surface area contributed by atoms with E-state index in [0.29, 0.717) is 6.42 Å². The molecule has 1 fully saturated rings. The molecule has 4 nitrogen and oxygen atoms in total. The van der Waals surface area contributed by atoms with E-state index >= 15 is 0 Å². The summed E-state index contributed by atoms with van der Waals surface area (Å²) in [6.07, 6.45) is 0.671. The molecule has 12 heavy (non-hydrogen) atoms. The summed E-state index contributed by atoms with van der Waals surface area (Å²) < 4.78 is 0. The number of nitrogens with one attached hydrogen (secondary N) is 1. The van der Waals surface area contributed by atoms with Crippen LogP contribution in [0.5, 0.6) is 0 Å². The van der Waals surface area contributed by atoms with E-state index < -0.39 is 5.54 Å². The zero-order chi connectivity index (χ0) is 7.78. The summed E-state index contributed by atoms with van der Waals surface area (Å²) in [5, 5.41) is 3.66. The summed E-state index contributed by atoms with van der Waals surface area (Å²) in [7, 11) is 0. The third-order valence-corrected chi connectivity index (χ3v) is 1.94. The van der Waals surface area contributed by atoms with Gasteiger partial charge in [0.25, 0.3) is 5.91 Å². The molecule has 0 aromatic carbocycles. The molecule has 6 heteroatoms. The first kappa shape index (κ1) is 14.4. The second kappa shape index (κ2) is 4.79. The van der Waals surface area contributed by atoms with Crippen LogP contribution in [0.1, 0.15) is 20.3 Å². The number of amides is 3. The SMILES string of the molecule is CCC1(C)[NH2+]C(=O)NC1=O.[Br-].[Cl-]. The van der Waals surface area contributed by atoms with Gasteiger partial charge in [-0.25, -0.2) is 10.1 Å². The van der Waals surface area contributed by atoms with Crippen molar-refractivity contribution < 1.29 is 44.3 Å². The van der Waals surface area contributed by atoms with Gasteiger partial charge in [0.2, 0.25) is 0 Å². The fourth-order valence-electron chi connectivity index (χ4n) is 0.908. The fourth-order valence-corrected chi connectivity index (χ4v) is 0.908. The molecule has 0 radical (unpaired) electrons. The first-order chi connectivity index (χ1) is 4.58. The topological polar surface area (TPSA) is 62.8 Å². The summed E-state index contributed by atoms with van der Waals surface area (Å²) >= 11 is 0. The maximum absolute atomic E-state index is 11.0. The predicted octanol–water partition coefficient (Wildman–Crippen LogP) is -7.02. The smallest absolute Gasteiger partial charge is 0.420 e. The number of quaternary nitrogens is 1. The molecule has 1 rings (SSSR count). The Bertz CT molecular complexity index is 200. The number of imide groups is 1. The third-order valence-electron chi connectivity index (χ3n) is 1.94. The Kier molecular flexibility index (Phi) is 5.75. The first-order valence-corrected chi connectivity index (χ1v) is 3.30. The lowest BCUT2D eigenvalue weighted by Crippen LogP contribution is -3.00. The van der Waals surface area contributed by atoms with Gasteiger partial charge < -0.3 is 29.4 Å². The van der Waals surface area contributed by atoms with Crippen molar-refractivity contribution in [1.82, 2.24) is 5.32 Å². The maximum atomic E-state index is 11.0. The summed E-state index contributed by atoms with van der Waals surface area (Å²) in [5.74, 6) is -0.181. The van der Waals surface area contributed by atoms with E-state index in [1.807, 2.05) is 6.92 Å². The van der Waals surface area contributed by atoms with Crippen molar-refractivity contribution in [2.45, 2.75) is 25.8 Å². The highest BCUT2D eigenvalue weighted by molar-refractivity contribution is 5.99. The minimum absolute atomic E-state index is 0. The van der Waals surface area contributed by atoms with Gasteiger partial charge in [0.05, 0.1) is 0 Å². The Labute approximate surface area is 87.6 Å². The molecule has 1 heterocycles. The summed E-state index contributed by atoms with van der Waals surface area (Å²) in [6, 6.07) is -0.269. The van der Waals surface area contributed by atoms with Crippen LogP contribution in [-0.4, -0.2) is 17.5 Å². The highest BCUT2D eigenvalue weighted by Crippen LogP contribution is 2.05. The van der Waals surface area contributed by atoms with E-state index in [2.05, 4.69) is 5.32 Å². The lowest BCUT2D eigenvalue weighted by molar-refractivity contribution is -0.608. The lowest BCUT2D eigenvalue weighted by Gasteiger charge is -2.11. The zero-order valence-electron chi connectivity index (χ0n) is 6.86. The van der Waals surface area contributed by atoms with Crippen molar-refractivity contribution in [3.8, 4) is 0 Å². The van der Waals surface area contributed by atoms with E-state index in [9.17, 15) is 9.59 Å². The zero-order valence-corrected chi connectivity index (χ0v) is 9.20. The maximum Gasteiger partial charge on any atom is 0.420 e. The number of rotatable bonds is 1. The van der Waals surface area contributed by atoms with E-state index in [0.717, 1.165) is 0 Å². The Morgan fingerprint density at radius 2 is 2.00 bits per heavy atom. The number of nitrogens with two attached hydrogens (primary N) is 1. The van der Waals surface area contributed by atoms with Gasteiger partial charge in [-0.3, -0.25) is 10.1 Å². The number of primary amides is 1. The summed E-state index contributed by atoms with van der Waals surface area (Å²) in [5.41, 5.74) is -0.558. The van der Waals surface area contributed by atoms with Crippen molar-refractivity contribution in [3.63, 3.8) is 0 Å². The second-order valence-electron chi connectivity index (χ2n) is 2.73. The van der Waals surface area contributed by atoms with E-state index in [1.54, 1.807) is 6.92 Å². The lowest BCUT2D eigenvalue weighted by atomic mass is 10.0. The molecule has 1 saturated heterocycles. The largest absolute Gasteiger partial charge is 1.00 e. The van der Waals surface area contributed by atoms with Crippen LogP contribution < -0.4 is 40.0 Å². The van der Waals surface area contributed by atoms with Crippen LogP contribution in [0, 0.1) is 0 Å². The van der Waals surface area contributed by atoms with Crippen molar-refractivity contribution in [2.75, 3.05) is 0 Å². The number of halogens is 2. The van der Waals surface area contributed by atoms with Crippen LogP contribution in [0.25, 0.3) is 0 Å². The van der Waals surface area contributed by atoms with Gasteiger partial charge in [0.15, 0.2) is 5.54 Å². The first-order valence-electron chi connectivity index (χ1n) is 3.30. The van der Waals surface area contributed by atoms with E-state index in [4.69, 9.17) is 0 Å². The molecular weight excluding hydrogens is 247 g/mol. The van der Waals surface area contributed by atoms with Crippen LogP contribution in [0.4, 0.5) is 4.79 Å². The predicted molar refractivity (Wildman–Crippen MR) is 34.2 cm³/mol. The van der Waals surface area contributed by atoms with Crippen molar-refractivity contribution in [1.29, 1.82) is 0 Å². The summed E-state index contributed by atoms with van der Waals surface area (Å²) in [6.45, 7) is 3.64. The molecule has 3 N–H and O–H groups in total. The standard InChI is InChI=1S/C6H10N2O2.BrH.ClH/c1-3-6(2)4(9)7-5(10)8-6;;/h3H2,1-2H3,(H2,7,8,9,10);2*1H/p-1. The van der Waals surface area contributed by atoms with E-state index in [1.165, 1.54) is 5.32 Å². The van der Waals surface area contributed by atoms with Gasteiger partial charge in [0.1, 0.15) is 0 Å². The molecule has 1 aliphatic heterocycles. The van der Waals surface area contributed by atoms with Gasteiger partial charge in [-0.2, -0.15) is 0 Å². The third kappa shape index (κ3) is 2.43. The van der Waals surface area contributed by atoms with Crippen LogP contribution >= 0.6 is 0 Å². The normalized spacial score (nSPS) is 27.2. The molecular formula is C6H11BrClN2O2-. The molecule has 0 aromatic rings. The van der Waals surface area contributed by atoms with Crippen molar-refractivity contribution in [3.05, 3.63) is 0 Å². The van der Waals surface area contributed by atoms with Gasteiger partial charge in [0, 0.05) is 13.3 Å². The molecule has 1 aliphatic rings. The highest BCUT2D eigenvalue weighted by Gasteiger charge is 2.45. The molecule has 72 valence electrons.